The van der Waals surface area contributed by atoms with Crippen molar-refractivity contribution in [3.63, 3.8) is 0 Å². The van der Waals surface area contributed by atoms with Gasteiger partial charge in [-0.05, 0) is 36.8 Å². The van der Waals surface area contributed by atoms with Crippen LogP contribution in [0.2, 0.25) is 0 Å². The lowest BCUT2D eigenvalue weighted by Crippen LogP contribution is -2.49. The van der Waals surface area contributed by atoms with Crippen LogP contribution >= 0.6 is 0 Å². The van der Waals surface area contributed by atoms with Gasteiger partial charge in [-0.3, -0.25) is 4.79 Å². The first-order valence-corrected chi connectivity index (χ1v) is 9.50. The summed E-state index contributed by atoms with van der Waals surface area (Å²) in [7, 11) is 0. The molecular weight excluding hydrogens is 380 g/mol. The molecule has 29 heavy (non-hydrogen) atoms. The van der Waals surface area contributed by atoms with Crippen LogP contribution in [0.15, 0.2) is 30.6 Å². The molecule has 2 aliphatic rings. The molecule has 1 fully saturated rings. The number of aryl methyl sites for hydroxylation is 1. The van der Waals surface area contributed by atoms with E-state index in [-0.39, 0.29) is 13.0 Å². The van der Waals surface area contributed by atoms with Crippen LogP contribution < -0.4 is 4.74 Å². The molecule has 0 bridgehead atoms. The Bertz CT molecular complexity index is 1110. The maximum Gasteiger partial charge on any atom is 0.266 e. The second-order valence-corrected chi connectivity index (χ2v) is 7.66. The van der Waals surface area contributed by atoms with E-state index in [4.69, 9.17) is 4.74 Å². The van der Waals surface area contributed by atoms with E-state index in [0.717, 1.165) is 17.7 Å². The SMILES string of the molecule is Cc1cc(C2CN(C(=O)c3ccc4c(c3)CCO4)CC(F)(F)C2)n2ncnc2n1. The molecule has 0 radical (unpaired) electrons. The van der Waals surface area contributed by atoms with Crippen molar-refractivity contribution in [3.8, 4) is 5.75 Å². The largest absolute Gasteiger partial charge is 0.493 e. The third-order valence-electron chi connectivity index (χ3n) is 5.46. The number of carbonyl (C=O) groups excluding carboxylic acids is 1. The number of hydrogen-bond acceptors (Lipinski definition) is 5. The summed E-state index contributed by atoms with van der Waals surface area (Å²) < 4.78 is 36.2. The molecule has 0 saturated carbocycles. The van der Waals surface area contributed by atoms with Crippen LogP contribution in [0.4, 0.5) is 8.78 Å². The molecule has 0 N–H and O–H groups in total. The average molecular weight is 399 g/mol. The molecule has 2 aromatic heterocycles. The summed E-state index contributed by atoms with van der Waals surface area (Å²) in [5, 5.41) is 4.13. The maximum absolute atomic E-state index is 14.6. The minimum absolute atomic E-state index is 0.181. The smallest absolute Gasteiger partial charge is 0.266 e. The van der Waals surface area contributed by atoms with Crippen molar-refractivity contribution in [3.05, 3.63) is 53.1 Å². The van der Waals surface area contributed by atoms with Gasteiger partial charge in [0.15, 0.2) is 0 Å². The molecule has 1 unspecified atom stereocenters. The van der Waals surface area contributed by atoms with Gasteiger partial charge in [-0.2, -0.15) is 10.1 Å². The quantitative estimate of drug-likeness (QED) is 0.663. The fourth-order valence-corrected chi connectivity index (χ4v) is 4.20. The lowest BCUT2D eigenvalue weighted by atomic mass is 9.91. The van der Waals surface area contributed by atoms with Gasteiger partial charge in [0.2, 0.25) is 0 Å². The van der Waals surface area contributed by atoms with Crippen LogP contribution in [-0.2, 0) is 6.42 Å². The van der Waals surface area contributed by atoms with Gasteiger partial charge < -0.3 is 9.64 Å². The number of piperidine rings is 1. The van der Waals surface area contributed by atoms with Crippen LogP contribution in [0, 0.1) is 6.92 Å². The van der Waals surface area contributed by atoms with Gasteiger partial charge in [0.1, 0.15) is 12.1 Å². The standard InChI is InChI=1S/C20H19F2N5O2/c1-12-6-16(27-19(25-12)23-11-24-27)15-8-20(21,22)10-26(9-15)18(28)14-2-3-17-13(7-14)4-5-29-17/h2-3,6-7,11,15H,4-5,8-10H2,1H3. The molecule has 1 aromatic carbocycles. The Morgan fingerprint density at radius 1 is 1.31 bits per heavy atom. The number of hydrogen-bond donors (Lipinski definition) is 0. The molecule has 5 rings (SSSR count). The summed E-state index contributed by atoms with van der Waals surface area (Å²) in [6, 6.07) is 6.86. The zero-order valence-corrected chi connectivity index (χ0v) is 15.8. The number of fused-ring (bicyclic) bond motifs is 2. The average Bonchev–Trinajstić information content (AvgIpc) is 3.33. The first kappa shape index (κ1) is 18.0. The lowest BCUT2D eigenvalue weighted by molar-refractivity contribution is -0.0641. The molecule has 1 amide bonds. The van der Waals surface area contributed by atoms with E-state index in [0.29, 0.717) is 29.3 Å². The van der Waals surface area contributed by atoms with Gasteiger partial charge in [-0.25, -0.2) is 18.3 Å². The lowest BCUT2D eigenvalue weighted by Gasteiger charge is -2.37. The van der Waals surface area contributed by atoms with Crippen molar-refractivity contribution < 1.29 is 18.3 Å². The zero-order chi connectivity index (χ0) is 20.2. The third kappa shape index (κ3) is 3.20. The Kier molecular flexibility index (Phi) is 4.01. The molecule has 7 nitrogen and oxygen atoms in total. The van der Waals surface area contributed by atoms with Gasteiger partial charge in [-0.15, -0.1) is 0 Å². The van der Waals surface area contributed by atoms with Crippen LogP contribution in [0.5, 0.6) is 5.75 Å². The van der Waals surface area contributed by atoms with E-state index in [1.54, 1.807) is 31.2 Å². The third-order valence-corrected chi connectivity index (χ3v) is 5.46. The molecule has 4 heterocycles. The summed E-state index contributed by atoms with van der Waals surface area (Å²) in [6.07, 6.45) is 1.71. The van der Waals surface area contributed by atoms with Crippen LogP contribution in [0.3, 0.4) is 0 Å². The van der Waals surface area contributed by atoms with Crippen molar-refractivity contribution in [1.29, 1.82) is 0 Å². The summed E-state index contributed by atoms with van der Waals surface area (Å²) in [6.45, 7) is 1.95. The highest BCUT2D eigenvalue weighted by molar-refractivity contribution is 5.95. The van der Waals surface area contributed by atoms with Crippen LogP contribution in [-0.4, -0.2) is 56.0 Å². The highest BCUT2D eigenvalue weighted by Gasteiger charge is 2.43. The molecule has 9 heteroatoms. The summed E-state index contributed by atoms with van der Waals surface area (Å²) in [5.74, 6) is -2.85. The van der Waals surface area contributed by atoms with Crippen molar-refractivity contribution in [2.24, 2.45) is 0 Å². The van der Waals surface area contributed by atoms with Gasteiger partial charge in [0, 0.05) is 36.6 Å². The number of carbonyl (C=O) groups is 1. The van der Waals surface area contributed by atoms with Gasteiger partial charge >= 0.3 is 0 Å². The van der Waals surface area contributed by atoms with Crippen LogP contribution in [0.1, 0.15) is 39.6 Å². The number of likely N-dealkylation sites (tertiary alicyclic amines) is 1. The Morgan fingerprint density at radius 3 is 3.03 bits per heavy atom. The highest BCUT2D eigenvalue weighted by atomic mass is 19.3. The van der Waals surface area contributed by atoms with E-state index in [1.165, 1.54) is 15.7 Å². The van der Waals surface area contributed by atoms with E-state index in [9.17, 15) is 13.6 Å². The van der Waals surface area contributed by atoms with Crippen LogP contribution in [0.25, 0.3) is 5.78 Å². The molecule has 0 spiro atoms. The second kappa shape index (κ2) is 6.47. The molecule has 1 atom stereocenters. The van der Waals surface area contributed by atoms with Gasteiger partial charge in [0.25, 0.3) is 17.6 Å². The fourth-order valence-electron chi connectivity index (χ4n) is 4.20. The topological polar surface area (TPSA) is 72.6 Å². The molecule has 1 saturated heterocycles. The maximum atomic E-state index is 14.6. The first-order valence-electron chi connectivity index (χ1n) is 9.50. The Morgan fingerprint density at radius 2 is 2.17 bits per heavy atom. The number of nitrogens with zero attached hydrogens (tertiary/aromatic N) is 5. The van der Waals surface area contributed by atoms with Crippen molar-refractivity contribution >= 4 is 11.7 Å². The fraction of sp³-hybridized carbons (Fsp3) is 0.400. The monoisotopic (exact) mass is 399 g/mol. The van der Waals surface area contributed by atoms with E-state index in [2.05, 4.69) is 15.1 Å². The second-order valence-electron chi connectivity index (χ2n) is 7.66. The molecule has 0 aliphatic carbocycles. The molecule has 3 aromatic rings. The number of ether oxygens (including phenoxy) is 1. The molecular formula is C20H19F2N5O2. The number of alkyl halides is 2. The zero-order valence-electron chi connectivity index (χ0n) is 15.8. The predicted octanol–water partition coefficient (Wildman–Crippen LogP) is 2.63. The summed E-state index contributed by atoms with van der Waals surface area (Å²) >= 11 is 0. The number of amides is 1. The van der Waals surface area contributed by atoms with E-state index in [1.807, 2.05) is 0 Å². The van der Waals surface area contributed by atoms with Gasteiger partial charge in [-0.1, -0.05) is 0 Å². The first-order chi connectivity index (χ1) is 13.9. The number of benzene rings is 1. The Balaban J connectivity index is 1.48. The van der Waals surface area contributed by atoms with E-state index >= 15 is 0 Å². The Hall–Kier alpha value is -3.10. The summed E-state index contributed by atoms with van der Waals surface area (Å²) in [4.78, 5) is 22.6. The highest BCUT2D eigenvalue weighted by Crippen LogP contribution is 2.37. The van der Waals surface area contributed by atoms with Crippen molar-refractivity contribution in [2.75, 3.05) is 19.7 Å². The molecule has 2 aliphatic heterocycles. The summed E-state index contributed by atoms with van der Waals surface area (Å²) in [5.41, 5.74) is 2.60. The predicted molar refractivity (Wildman–Crippen MR) is 99.4 cm³/mol. The number of halogens is 2. The minimum Gasteiger partial charge on any atom is -0.493 e. The van der Waals surface area contributed by atoms with Gasteiger partial charge in [0.05, 0.1) is 18.8 Å². The van der Waals surface area contributed by atoms with E-state index < -0.39 is 24.3 Å². The van der Waals surface area contributed by atoms with Crippen molar-refractivity contribution in [1.82, 2.24) is 24.5 Å². The minimum atomic E-state index is -3.00. The number of aromatic nitrogens is 4. The Labute approximate surface area is 165 Å². The molecule has 150 valence electrons. The van der Waals surface area contributed by atoms with Crippen molar-refractivity contribution in [2.45, 2.75) is 31.6 Å². The normalized spacial score (nSPS) is 20.5. The number of rotatable bonds is 2.